The SMILES string of the molecule is CC(C)[C@@H](C)/C=C/[C@@H](C)[C@H]1CC[C@@H]2[C@]1(C)CC=C1[C@]23C=C[C@]2(C[C@@H](O[C@@H]4O[C@H](CO)[C@@H](O)[C@H](O)[C@H]4O)CC[C@]12C)OO3. The lowest BCUT2D eigenvalue weighted by molar-refractivity contribution is -0.457. The van der Waals surface area contributed by atoms with E-state index in [-0.39, 0.29) is 16.9 Å². The summed E-state index contributed by atoms with van der Waals surface area (Å²) < 4.78 is 11.8. The number of hydrogen-bond donors (Lipinski definition) is 4. The van der Waals surface area contributed by atoms with Gasteiger partial charge in [0.05, 0.1) is 12.7 Å². The summed E-state index contributed by atoms with van der Waals surface area (Å²) in [6.45, 7) is 13.5. The van der Waals surface area contributed by atoms with Gasteiger partial charge in [0.1, 0.15) is 35.6 Å². The Hall–Kier alpha value is -1.10. The van der Waals surface area contributed by atoms with Gasteiger partial charge in [-0.2, -0.15) is 0 Å². The van der Waals surface area contributed by atoms with Crippen LogP contribution in [0.2, 0.25) is 0 Å². The van der Waals surface area contributed by atoms with Crippen LogP contribution >= 0.6 is 0 Å². The van der Waals surface area contributed by atoms with E-state index in [0.29, 0.717) is 36.0 Å². The molecule has 0 radical (unpaired) electrons. The van der Waals surface area contributed by atoms with E-state index in [1.165, 1.54) is 12.0 Å². The van der Waals surface area contributed by atoms with Gasteiger partial charge in [-0.1, -0.05) is 59.8 Å². The molecule has 2 saturated carbocycles. The molecule has 3 heterocycles. The lowest BCUT2D eigenvalue weighted by Gasteiger charge is -2.66. The van der Waals surface area contributed by atoms with Crippen molar-refractivity contribution < 1.29 is 39.7 Å². The zero-order valence-corrected chi connectivity index (χ0v) is 26.1. The zero-order valence-electron chi connectivity index (χ0n) is 26.1. The molecule has 42 heavy (non-hydrogen) atoms. The molecule has 2 saturated heterocycles. The Morgan fingerprint density at radius 3 is 2.40 bits per heavy atom. The Morgan fingerprint density at radius 2 is 1.74 bits per heavy atom. The van der Waals surface area contributed by atoms with Crippen molar-refractivity contribution in [3.05, 3.63) is 36.0 Å². The van der Waals surface area contributed by atoms with E-state index < -0.39 is 48.5 Å². The van der Waals surface area contributed by atoms with E-state index in [4.69, 9.17) is 19.2 Å². The smallest absolute Gasteiger partial charge is 0.186 e. The molecule has 4 fully saturated rings. The summed E-state index contributed by atoms with van der Waals surface area (Å²) in [6.07, 6.45) is 10.4. The highest BCUT2D eigenvalue weighted by molar-refractivity contribution is 5.48. The quantitative estimate of drug-likeness (QED) is 0.258. The minimum absolute atomic E-state index is 0.110. The fourth-order valence-electron chi connectivity index (χ4n) is 9.48. The van der Waals surface area contributed by atoms with Crippen LogP contribution in [0.5, 0.6) is 0 Å². The molecule has 0 aromatic heterocycles. The number of allylic oxidation sites excluding steroid dienone is 3. The van der Waals surface area contributed by atoms with E-state index in [0.717, 1.165) is 25.7 Å². The molecule has 8 heteroatoms. The van der Waals surface area contributed by atoms with Gasteiger partial charge < -0.3 is 29.9 Å². The summed E-state index contributed by atoms with van der Waals surface area (Å²) in [6, 6.07) is 0. The van der Waals surface area contributed by atoms with Crippen molar-refractivity contribution in [3.63, 3.8) is 0 Å². The van der Waals surface area contributed by atoms with E-state index in [1.807, 2.05) is 0 Å². The molecule has 8 nitrogen and oxygen atoms in total. The minimum atomic E-state index is -1.47. The second-order valence-electron chi connectivity index (χ2n) is 15.1. The molecule has 0 unspecified atom stereocenters. The number of ether oxygens (including phenoxy) is 2. The molecule has 2 spiro atoms. The normalized spacial score (nSPS) is 51.3. The molecule has 14 atom stereocenters. The molecule has 4 aliphatic carbocycles. The topological polar surface area (TPSA) is 118 Å². The average Bonchev–Trinajstić information content (AvgIpc) is 3.33. The lowest BCUT2D eigenvalue weighted by Crippen LogP contribution is -2.69. The van der Waals surface area contributed by atoms with Crippen molar-refractivity contribution in [1.29, 1.82) is 0 Å². The van der Waals surface area contributed by atoms with Gasteiger partial charge in [-0.3, -0.25) is 0 Å². The van der Waals surface area contributed by atoms with Gasteiger partial charge in [0.25, 0.3) is 0 Å². The van der Waals surface area contributed by atoms with Crippen LogP contribution in [0.25, 0.3) is 0 Å². The summed E-state index contributed by atoms with van der Waals surface area (Å²) in [4.78, 5) is 13.0. The molecule has 0 aromatic rings. The zero-order chi connectivity index (χ0) is 30.2. The fraction of sp³-hybridized carbons (Fsp3) is 0.824. The van der Waals surface area contributed by atoms with Gasteiger partial charge in [-0.25, -0.2) is 9.78 Å². The molecule has 2 bridgehead atoms. The first-order valence-electron chi connectivity index (χ1n) is 16.2. The molecule has 236 valence electrons. The highest BCUT2D eigenvalue weighted by Gasteiger charge is 2.72. The number of hydrogen-bond acceptors (Lipinski definition) is 8. The Kier molecular flexibility index (Phi) is 7.92. The summed E-state index contributed by atoms with van der Waals surface area (Å²) in [5.41, 5.74) is -0.0780. The Labute approximate surface area is 250 Å². The highest BCUT2D eigenvalue weighted by Crippen LogP contribution is 2.71. The Balaban J connectivity index is 1.22. The predicted octanol–water partition coefficient (Wildman–Crippen LogP) is 4.22. The molecule has 7 aliphatic rings. The molecule has 7 rings (SSSR count). The van der Waals surface area contributed by atoms with Crippen LogP contribution in [0.4, 0.5) is 0 Å². The van der Waals surface area contributed by atoms with Crippen LogP contribution in [-0.4, -0.2) is 75.0 Å². The lowest BCUT2D eigenvalue weighted by atomic mass is 9.46. The third-order valence-corrected chi connectivity index (χ3v) is 12.6. The van der Waals surface area contributed by atoms with Crippen LogP contribution in [0.1, 0.15) is 80.1 Å². The maximum atomic E-state index is 10.5. The van der Waals surface area contributed by atoms with Gasteiger partial charge in [0, 0.05) is 17.8 Å². The number of rotatable bonds is 7. The predicted molar refractivity (Wildman–Crippen MR) is 157 cm³/mol. The van der Waals surface area contributed by atoms with Gasteiger partial charge in [-0.15, -0.1) is 0 Å². The standard InChI is InChI=1S/C34H52O8/c1-19(2)20(3)7-8-21(4)23-9-10-25-31(23,5)13-12-26-32(6)14-11-22(17-33(32)15-16-34(25,26)42-41-33)39-30-29(38)28(37)27(36)24(18-35)40-30/h7-8,12,15-16,19-25,27-30,35-38H,9-11,13-14,17-18H2,1-6H3/b8-7+/t20-,21+,22-,23+,24+,25+,27+,28-,29+,30+,31+,32+,33+,34-/m0/s1. The number of aliphatic hydroxyl groups is 4. The van der Waals surface area contributed by atoms with Crippen molar-refractivity contribution in [1.82, 2.24) is 0 Å². The van der Waals surface area contributed by atoms with Crippen molar-refractivity contribution >= 4 is 0 Å². The van der Waals surface area contributed by atoms with Crippen molar-refractivity contribution in [2.45, 2.75) is 128 Å². The third kappa shape index (κ3) is 4.38. The second-order valence-corrected chi connectivity index (χ2v) is 15.1. The van der Waals surface area contributed by atoms with Gasteiger partial charge in [0.15, 0.2) is 6.29 Å². The van der Waals surface area contributed by atoms with E-state index in [9.17, 15) is 20.4 Å². The molecular weight excluding hydrogens is 536 g/mol. The Bertz CT molecular complexity index is 1120. The first-order valence-corrected chi connectivity index (χ1v) is 16.2. The molecule has 0 amide bonds. The van der Waals surface area contributed by atoms with Crippen molar-refractivity contribution in [2.24, 2.45) is 40.4 Å². The number of aliphatic hydroxyl groups excluding tert-OH is 4. The molecule has 4 N–H and O–H groups in total. The van der Waals surface area contributed by atoms with Crippen LogP contribution < -0.4 is 0 Å². The third-order valence-electron chi connectivity index (χ3n) is 12.6. The minimum Gasteiger partial charge on any atom is -0.394 e. The Morgan fingerprint density at radius 1 is 0.976 bits per heavy atom. The first-order chi connectivity index (χ1) is 19.8. The summed E-state index contributed by atoms with van der Waals surface area (Å²) in [5, 5.41) is 40.5. The monoisotopic (exact) mass is 588 g/mol. The fourth-order valence-corrected chi connectivity index (χ4v) is 9.48. The number of fused-ring (bicyclic) bond motifs is 2. The maximum Gasteiger partial charge on any atom is 0.186 e. The summed E-state index contributed by atoms with van der Waals surface area (Å²) in [5.74, 6) is 2.61. The first kappa shape index (κ1) is 30.9. The van der Waals surface area contributed by atoms with Crippen LogP contribution in [0.15, 0.2) is 36.0 Å². The highest BCUT2D eigenvalue weighted by atomic mass is 17.2. The largest absolute Gasteiger partial charge is 0.394 e. The van der Waals surface area contributed by atoms with Crippen LogP contribution in [-0.2, 0) is 19.2 Å². The van der Waals surface area contributed by atoms with Gasteiger partial charge in [-0.05, 0) is 78.9 Å². The maximum absolute atomic E-state index is 10.5. The van der Waals surface area contributed by atoms with Crippen molar-refractivity contribution in [2.75, 3.05) is 6.61 Å². The summed E-state index contributed by atoms with van der Waals surface area (Å²) >= 11 is 0. The van der Waals surface area contributed by atoms with E-state index in [1.54, 1.807) is 0 Å². The molecule has 0 aromatic carbocycles. The van der Waals surface area contributed by atoms with Gasteiger partial charge in [0.2, 0.25) is 0 Å². The summed E-state index contributed by atoms with van der Waals surface area (Å²) in [7, 11) is 0. The van der Waals surface area contributed by atoms with Crippen LogP contribution in [0.3, 0.4) is 0 Å². The van der Waals surface area contributed by atoms with Crippen LogP contribution in [0, 0.1) is 40.4 Å². The second kappa shape index (κ2) is 10.8. The van der Waals surface area contributed by atoms with E-state index in [2.05, 4.69) is 71.9 Å². The van der Waals surface area contributed by atoms with E-state index >= 15 is 0 Å². The molecular formula is C34H52O8. The molecule has 3 aliphatic heterocycles. The van der Waals surface area contributed by atoms with Gasteiger partial charge >= 0.3 is 0 Å². The average molecular weight is 589 g/mol. The van der Waals surface area contributed by atoms with Crippen molar-refractivity contribution in [3.8, 4) is 0 Å².